The maximum Gasteiger partial charge on any atom is 0.0409 e. The second-order valence-electron chi connectivity index (χ2n) is 3.63. The maximum absolute atomic E-state index is 4.61. The topological polar surface area (TPSA) is 12.9 Å². The summed E-state index contributed by atoms with van der Waals surface area (Å²) in [7, 11) is 0. The molecule has 1 aromatic rings. The van der Waals surface area contributed by atoms with Crippen molar-refractivity contribution in [1.29, 1.82) is 0 Å². The zero-order valence-electron chi connectivity index (χ0n) is 8.93. The van der Waals surface area contributed by atoms with Gasteiger partial charge in [0.1, 0.15) is 0 Å². The third-order valence-corrected chi connectivity index (χ3v) is 2.09. The lowest BCUT2D eigenvalue weighted by atomic mass is 10.1. The molecule has 0 aliphatic rings. The van der Waals surface area contributed by atoms with Crippen molar-refractivity contribution in [2.75, 3.05) is 0 Å². The van der Waals surface area contributed by atoms with E-state index in [2.05, 4.69) is 37.9 Å². The Morgan fingerprint density at radius 1 is 1.00 bits per heavy atom. The van der Waals surface area contributed by atoms with Gasteiger partial charge < -0.3 is 0 Å². The summed E-state index contributed by atoms with van der Waals surface area (Å²) in [4.78, 5) is 4.61. The zero-order valence-corrected chi connectivity index (χ0v) is 8.93. The van der Waals surface area contributed by atoms with Crippen LogP contribution in [0.5, 0.6) is 0 Å². The average molecular weight is 177 g/mol. The summed E-state index contributed by atoms with van der Waals surface area (Å²) in [5.41, 5.74) is 3.86. The number of hydrogen-bond donors (Lipinski definition) is 0. The lowest BCUT2D eigenvalue weighted by molar-refractivity contribution is 0.828. The van der Waals surface area contributed by atoms with Crippen LogP contribution in [0.2, 0.25) is 0 Å². The standard InChI is InChI=1S/C12H19N/c1-4-6-11-8-10(3)9-12(13-11)7-5-2/h8-9H,4-7H2,1-3H3. The Bertz CT molecular complexity index is 242. The van der Waals surface area contributed by atoms with Gasteiger partial charge in [-0.25, -0.2) is 0 Å². The highest BCUT2D eigenvalue weighted by molar-refractivity contribution is 5.20. The molecule has 0 atom stereocenters. The van der Waals surface area contributed by atoms with Crippen LogP contribution in [-0.2, 0) is 12.8 Å². The number of hydrogen-bond acceptors (Lipinski definition) is 1. The van der Waals surface area contributed by atoms with Crippen LogP contribution in [0.15, 0.2) is 12.1 Å². The molecule has 1 rings (SSSR count). The van der Waals surface area contributed by atoms with Gasteiger partial charge in [-0.05, 0) is 37.5 Å². The Morgan fingerprint density at radius 3 is 1.85 bits per heavy atom. The quantitative estimate of drug-likeness (QED) is 0.687. The highest BCUT2D eigenvalue weighted by Crippen LogP contribution is 2.08. The lowest BCUT2D eigenvalue weighted by Crippen LogP contribution is -1.96. The fraction of sp³-hybridized carbons (Fsp3) is 0.583. The molecule has 0 bridgehead atoms. The van der Waals surface area contributed by atoms with E-state index in [9.17, 15) is 0 Å². The molecule has 0 aliphatic heterocycles. The average Bonchev–Trinajstić information content (AvgIpc) is 2.04. The van der Waals surface area contributed by atoms with E-state index in [-0.39, 0.29) is 0 Å². The zero-order chi connectivity index (χ0) is 9.68. The highest BCUT2D eigenvalue weighted by Gasteiger charge is 1.98. The summed E-state index contributed by atoms with van der Waals surface area (Å²) in [5.74, 6) is 0. The van der Waals surface area contributed by atoms with Crippen molar-refractivity contribution >= 4 is 0 Å². The Hall–Kier alpha value is -0.850. The van der Waals surface area contributed by atoms with E-state index < -0.39 is 0 Å². The summed E-state index contributed by atoms with van der Waals surface area (Å²) in [6.45, 7) is 6.55. The Kier molecular flexibility index (Phi) is 3.94. The van der Waals surface area contributed by atoms with Crippen molar-refractivity contribution in [3.8, 4) is 0 Å². The summed E-state index contributed by atoms with van der Waals surface area (Å²) in [6, 6.07) is 4.39. The molecule has 1 heteroatoms. The van der Waals surface area contributed by atoms with Gasteiger partial charge in [0.05, 0.1) is 0 Å². The first-order valence-corrected chi connectivity index (χ1v) is 5.22. The van der Waals surface area contributed by atoms with Gasteiger partial charge in [0.25, 0.3) is 0 Å². The normalized spacial score (nSPS) is 10.4. The second kappa shape index (κ2) is 5.00. The largest absolute Gasteiger partial charge is 0.258 e. The van der Waals surface area contributed by atoms with Gasteiger partial charge in [-0.2, -0.15) is 0 Å². The van der Waals surface area contributed by atoms with E-state index in [4.69, 9.17) is 0 Å². The van der Waals surface area contributed by atoms with Crippen LogP contribution in [0.4, 0.5) is 0 Å². The molecule has 0 aliphatic carbocycles. The Labute approximate surface area is 81.2 Å². The van der Waals surface area contributed by atoms with E-state index in [1.54, 1.807) is 0 Å². The molecular weight excluding hydrogens is 158 g/mol. The first-order chi connectivity index (χ1) is 6.26. The fourth-order valence-electron chi connectivity index (χ4n) is 1.58. The van der Waals surface area contributed by atoms with Gasteiger partial charge in [0.2, 0.25) is 0 Å². The van der Waals surface area contributed by atoms with Gasteiger partial charge >= 0.3 is 0 Å². The fourth-order valence-corrected chi connectivity index (χ4v) is 1.58. The molecule has 1 heterocycles. The monoisotopic (exact) mass is 177 g/mol. The molecule has 0 radical (unpaired) electrons. The van der Waals surface area contributed by atoms with Gasteiger partial charge in [-0.3, -0.25) is 4.98 Å². The summed E-state index contributed by atoms with van der Waals surface area (Å²) in [5, 5.41) is 0. The van der Waals surface area contributed by atoms with Crippen LogP contribution in [0.25, 0.3) is 0 Å². The smallest absolute Gasteiger partial charge is 0.0409 e. The molecule has 0 aromatic carbocycles. The van der Waals surface area contributed by atoms with Crippen LogP contribution >= 0.6 is 0 Å². The molecule has 0 saturated heterocycles. The van der Waals surface area contributed by atoms with Gasteiger partial charge in [0.15, 0.2) is 0 Å². The van der Waals surface area contributed by atoms with Crippen LogP contribution in [-0.4, -0.2) is 4.98 Å². The SMILES string of the molecule is CCCc1cc(C)cc(CCC)n1. The summed E-state index contributed by atoms with van der Waals surface area (Å²) < 4.78 is 0. The van der Waals surface area contributed by atoms with E-state index >= 15 is 0 Å². The van der Waals surface area contributed by atoms with Crippen LogP contribution in [0.1, 0.15) is 43.6 Å². The Balaban J connectivity index is 2.83. The molecule has 72 valence electrons. The minimum atomic E-state index is 1.11. The number of aryl methyl sites for hydroxylation is 3. The van der Waals surface area contributed by atoms with Crippen molar-refractivity contribution in [1.82, 2.24) is 4.98 Å². The molecule has 0 spiro atoms. The van der Waals surface area contributed by atoms with Crippen molar-refractivity contribution in [2.45, 2.75) is 46.5 Å². The third-order valence-electron chi connectivity index (χ3n) is 2.09. The molecule has 13 heavy (non-hydrogen) atoms. The predicted octanol–water partition coefficient (Wildman–Crippen LogP) is 3.30. The van der Waals surface area contributed by atoms with Gasteiger partial charge in [0, 0.05) is 11.4 Å². The Morgan fingerprint density at radius 2 is 1.46 bits per heavy atom. The molecule has 0 saturated carbocycles. The number of nitrogens with zero attached hydrogens (tertiary/aromatic N) is 1. The number of aromatic nitrogens is 1. The van der Waals surface area contributed by atoms with Crippen molar-refractivity contribution in [3.05, 3.63) is 29.1 Å². The maximum atomic E-state index is 4.61. The van der Waals surface area contributed by atoms with E-state index in [1.807, 2.05) is 0 Å². The molecule has 0 fully saturated rings. The van der Waals surface area contributed by atoms with E-state index in [0.29, 0.717) is 0 Å². The van der Waals surface area contributed by atoms with Gasteiger partial charge in [-0.15, -0.1) is 0 Å². The molecule has 0 N–H and O–H groups in total. The third kappa shape index (κ3) is 3.17. The number of rotatable bonds is 4. The summed E-state index contributed by atoms with van der Waals surface area (Å²) >= 11 is 0. The van der Waals surface area contributed by atoms with Crippen molar-refractivity contribution in [2.24, 2.45) is 0 Å². The van der Waals surface area contributed by atoms with Gasteiger partial charge in [-0.1, -0.05) is 26.7 Å². The molecule has 1 aromatic heterocycles. The number of pyridine rings is 1. The van der Waals surface area contributed by atoms with E-state index in [0.717, 1.165) is 12.8 Å². The van der Waals surface area contributed by atoms with Crippen LogP contribution in [0.3, 0.4) is 0 Å². The van der Waals surface area contributed by atoms with Crippen molar-refractivity contribution < 1.29 is 0 Å². The first kappa shape index (κ1) is 10.2. The molecule has 0 amide bonds. The second-order valence-corrected chi connectivity index (χ2v) is 3.63. The molecule has 1 nitrogen and oxygen atoms in total. The first-order valence-electron chi connectivity index (χ1n) is 5.22. The van der Waals surface area contributed by atoms with Crippen LogP contribution in [0, 0.1) is 6.92 Å². The van der Waals surface area contributed by atoms with E-state index in [1.165, 1.54) is 29.8 Å². The van der Waals surface area contributed by atoms with Crippen LogP contribution < -0.4 is 0 Å². The molecular formula is C12H19N. The highest BCUT2D eigenvalue weighted by atomic mass is 14.7. The van der Waals surface area contributed by atoms with Crippen molar-refractivity contribution in [3.63, 3.8) is 0 Å². The summed E-state index contributed by atoms with van der Waals surface area (Å²) in [6.07, 6.45) is 4.58. The predicted molar refractivity (Wildman–Crippen MR) is 57.0 cm³/mol. The minimum absolute atomic E-state index is 1.11. The lowest BCUT2D eigenvalue weighted by Gasteiger charge is -2.04. The molecule has 0 unspecified atom stereocenters. The minimum Gasteiger partial charge on any atom is -0.258 e.